The van der Waals surface area contributed by atoms with Gasteiger partial charge in [0.15, 0.2) is 0 Å². The van der Waals surface area contributed by atoms with Crippen molar-refractivity contribution in [3.63, 3.8) is 0 Å². The molecule has 13 heteroatoms. The molecule has 1 aromatic carbocycles. The van der Waals surface area contributed by atoms with E-state index in [1.165, 1.54) is 0 Å². The van der Waals surface area contributed by atoms with E-state index in [9.17, 15) is 22.8 Å². The highest BCUT2D eigenvalue weighted by Gasteiger charge is 2.63. The molecule has 0 saturated heterocycles. The molecule has 1 aromatic heterocycles. The van der Waals surface area contributed by atoms with Crippen molar-refractivity contribution in [3.8, 4) is 12.3 Å². The van der Waals surface area contributed by atoms with Crippen molar-refractivity contribution in [3.05, 3.63) is 53.6 Å². The highest BCUT2D eigenvalue weighted by Crippen LogP contribution is 2.52. The predicted molar refractivity (Wildman–Crippen MR) is 136 cm³/mol. The number of thiophene rings is 1. The quantitative estimate of drug-likeness (QED) is 0.321. The van der Waals surface area contributed by atoms with Gasteiger partial charge in [0.2, 0.25) is 5.91 Å². The van der Waals surface area contributed by atoms with Crippen LogP contribution in [0.4, 0.5) is 13.2 Å². The molecule has 37 heavy (non-hydrogen) atoms. The number of fused-ring (bicyclic) bond motifs is 1. The van der Waals surface area contributed by atoms with E-state index in [1.54, 1.807) is 0 Å². The number of amides is 2. The Hall–Kier alpha value is -2.45. The number of hydrogen-bond acceptors (Lipinski definition) is 5. The van der Waals surface area contributed by atoms with E-state index < -0.39 is 24.1 Å². The summed E-state index contributed by atoms with van der Waals surface area (Å²) in [5.41, 5.74) is 3.53. The molecule has 2 aromatic rings. The van der Waals surface area contributed by atoms with Crippen LogP contribution in [0.25, 0.3) is 0 Å². The number of benzene rings is 1. The minimum atomic E-state index is -4.92. The standard InChI is InChI=1S/C24H19Cl3F3N3O3S/c1-2-6-32-17(34)7-11-4-3-5-13-18(11)21(37-20(13)22(31)35)16-10-23(36-33-16,24(28,29)30)12-8-14(25)19(27)15(26)9-12/h1,8-9,11H,3-7,10H2,(H2,31,35)(H,32,34)/t11?,23-/m0/s1. The number of alkyl halides is 3. The fourth-order valence-electron chi connectivity index (χ4n) is 4.70. The van der Waals surface area contributed by atoms with E-state index in [4.69, 9.17) is 51.8 Å². The van der Waals surface area contributed by atoms with Crippen LogP contribution in [-0.4, -0.2) is 30.2 Å². The number of nitrogens with zero attached hydrogens (tertiary/aromatic N) is 1. The second-order valence-electron chi connectivity index (χ2n) is 8.68. The first-order chi connectivity index (χ1) is 17.4. The van der Waals surface area contributed by atoms with Gasteiger partial charge in [-0.1, -0.05) is 45.9 Å². The Morgan fingerprint density at radius 2 is 1.97 bits per heavy atom. The summed E-state index contributed by atoms with van der Waals surface area (Å²) in [5, 5.41) is 6.00. The number of primary amides is 1. The number of terminal acetylenes is 1. The maximum Gasteiger partial charge on any atom is 0.435 e. The number of rotatable bonds is 6. The number of nitrogens with one attached hydrogen (secondary N) is 1. The number of carbonyl (C=O) groups excluding carboxylic acids is 2. The maximum absolute atomic E-state index is 14.5. The largest absolute Gasteiger partial charge is 0.435 e. The van der Waals surface area contributed by atoms with E-state index in [0.29, 0.717) is 35.3 Å². The third-order valence-corrected chi connectivity index (χ3v) is 8.89. The summed E-state index contributed by atoms with van der Waals surface area (Å²) in [7, 11) is 0. The SMILES string of the molecule is C#CCNC(=O)CC1CCCc2c(C(N)=O)sc(C3=NO[C@@](c4cc(Cl)c(Cl)c(Cl)c4)(C(F)(F)F)C3)c21. The number of hydrogen-bond donors (Lipinski definition) is 2. The second-order valence-corrected chi connectivity index (χ2v) is 10.9. The summed E-state index contributed by atoms with van der Waals surface area (Å²) in [5.74, 6) is 0.931. The van der Waals surface area contributed by atoms with Gasteiger partial charge in [-0.25, -0.2) is 0 Å². The Balaban J connectivity index is 1.78. The summed E-state index contributed by atoms with van der Waals surface area (Å²) >= 11 is 18.9. The van der Waals surface area contributed by atoms with Crippen LogP contribution in [0.5, 0.6) is 0 Å². The molecule has 0 radical (unpaired) electrons. The molecule has 2 atom stereocenters. The highest BCUT2D eigenvalue weighted by atomic mass is 35.5. The number of oxime groups is 1. The first-order valence-electron chi connectivity index (χ1n) is 11.0. The maximum atomic E-state index is 14.5. The average molecular weight is 593 g/mol. The van der Waals surface area contributed by atoms with Crippen LogP contribution in [0.3, 0.4) is 0 Å². The molecule has 6 nitrogen and oxygen atoms in total. The fourth-order valence-corrected chi connectivity index (χ4v) is 6.57. The van der Waals surface area contributed by atoms with Gasteiger partial charge in [0, 0.05) is 12.0 Å². The molecule has 2 amide bonds. The molecule has 196 valence electrons. The summed E-state index contributed by atoms with van der Waals surface area (Å²) in [6.07, 6.45) is 1.36. The topological polar surface area (TPSA) is 93.8 Å². The molecule has 2 heterocycles. The molecule has 0 spiro atoms. The van der Waals surface area contributed by atoms with E-state index in [-0.39, 0.29) is 56.0 Å². The summed E-state index contributed by atoms with van der Waals surface area (Å²) in [6, 6.07) is 2.08. The van der Waals surface area contributed by atoms with Gasteiger partial charge in [0.05, 0.1) is 37.8 Å². The van der Waals surface area contributed by atoms with E-state index in [1.807, 2.05) is 0 Å². The normalized spacial score (nSPS) is 21.0. The van der Waals surface area contributed by atoms with Crippen molar-refractivity contribution in [1.82, 2.24) is 5.32 Å². The molecule has 3 N–H and O–H groups in total. The Labute approximate surface area is 229 Å². The molecular weight excluding hydrogens is 574 g/mol. The van der Waals surface area contributed by atoms with E-state index in [0.717, 1.165) is 23.5 Å². The van der Waals surface area contributed by atoms with Crippen LogP contribution < -0.4 is 11.1 Å². The van der Waals surface area contributed by atoms with E-state index in [2.05, 4.69) is 16.4 Å². The highest BCUT2D eigenvalue weighted by molar-refractivity contribution is 7.16. The smallest absolute Gasteiger partial charge is 0.374 e. The van der Waals surface area contributed by atoms with Crippen LogP contribution in [-0.2, 0) is 21.7 Å². The third-order valence-electron chi connectivity index (χ3n) is 6.38. The van der Waals surface area contributed by atoms with Crippen LogP contribution in [0.15, 0.2) is 17.3 Å². The van der Waals surface area contributed by atoms with Gasteiger partial charge in [-0.2, -0.15) is 13.2 Å². The lowest BCUT2D eigenvalue weighted by Gasteiger charge is -2.30. The van der Waals surface area contributed by atoms with Crippen molar-refractivity contribution >= 4 is 63.7 Å². The summed E-state index contributed by atoms with van der Waals surface area (Å²) in [4.78, 5) is 30.3. The fraction of sp³-hybridized carbons (Fsp3) is 0.375. The van der Waals surface area contributed by atoms with E-state index >= 15 is 0 Å². The molecular formula is C24H19Cl3F3N3O3S. The molecule has 0 fully saturated rings. The van der Waals surface area contributed by atoms with Crippen LogP contribution in [0.1, 0.15) is 62.8 Å². The van der Waals surface area contributed by atoms with Gasteiger partial charge in [-0.15, -0.1) is 17.8 Å². The molecule has 1 aliphatic heterocycles. The summed E-state index contributed by atoms with van der Waals surface area (Å²) < 4.78 is 43.6. The van der Waals surface area contributed by atoms with Crippen molar-refractivity contribution < 1.29 is 27.6 Å². The molecule has 1 aliphatic carbocycles. The minimum absolute atomic E-state index is 0.0239. The van der Waals surface area contributed by atoms with Crippen molar-refractivity contribution in [2.24, 2.45) is 10.9 Å². The molecule has 4 rings (SSSR count). The van der Waals surface area contributed by atoms with Crippen LogP contribution >= 0.6 is 46.1 Å². The van der Waals surface area contributed by atoms with Crippen molar-refractivity contribution in [2.75, 3.05) is 6.54 Å². The van der Waals surface area contributed by atoms with Crippen molar-refractivity contribution in [1.29, 1.82) is 0 Å². The summed E-state index contributed by atoms with van der Waals surface area (Å²) in [6.45, 7) is 0.0440. The average Bonchev–Trinajstić information content (AvgIpc) is 3.44. The number of carbonyl (C=O) groups is 2. The Morgan fingerprint density at radius 3 is 2.57 bits per heavy atom. The molecule has 0 bridgehead atoms. The predicted octanol–water partition coefficient (Wildman–Crippen LogP) is 5.95. The Morgan fingerprint density at radius 1 is 1.30 bits per heavy atom. The van der Waals surface area contributed by atoms with Gasteiger partial charge in [-0.05, 0) is 48.4 Å². The lowest BCUT2D eigenvalue weighted by atomic mass is 9.79. The lowest BCUT2D eigenvalue weighted by molar-refractivity contribution is -0.275. The first kappa shape index (κ1) is 27.6. The van der Waals surface area contributed by atoms with Gasteiger partial charge in [0.1, 0.15) is 5.71 Å². The van der Waals surface area contributed by atoms with Gasteiger partial charge in [-0.3, -0.25) is 9.59 Å². The monoisotopic (exact) mass is 591 g/mol. The lowest BCUT2D eigenvalue weighted by Crippen LogP contribution is -2.42. The zero-order valence-corrected chi connectivity index (χ0v) is 22.1. The first-order valence-corrected chi connectivity index (χ1v) is 13.0. The van der Waals surface area contributed by atoms with Gasteiger partial charge < -0.3 is 15.9 Å². The van der Waals surface area contributed by atoms with Crippen molar-refractivity contribution in [2.45, 2.75) is 49.8 Å². The number of halogens is 6. The molecule has 0 saturated carbocycles. The second kappa shape index (κ2) is 10.4. The molecule has 2 aliphatic rings. The minimum Gasteiger partial charge on any atom is -0.374 e. The Kier molecular flexibility index (Phi) is 7.73. The van der Waals surface area contributed by atoms with Crippen LogP contribution in [0.2, 0.25) is 15.1 Å². The zero-order valence-electron chi connectivity index (χ0n) is 19.0. The third kappa shape index (κ3) is 5.02. The zero-order chi connectivity index (χ0) is 27.1. The number of nitrogens with two attached hydrogens (primary N) is 1. The van der Waals surface area contributed by atoms with Gasteiger partial charge >= 0.3 is 6.18 Å². The molecule has 1 unspecified atom stereocenters. The van der Waals surface area contributed by atoms with Crippen LogP contribution in [0, 0.1) is 12.3 Å². The Bertz CT molecular complexity index is 1330. The van der Waals surface area contributed by atoms with Gasteiger partial charge in [0.25, 0.3) is 11.5 Å².